The van der Waals surface area contributed by atoms with E-state index < -0.39 is 5.97 Å². The van der Waals surface area contributed by atoms with Crippen LogP contribution in [0.5, 0.6) is 11.5 Å². The van der Waals surface area contributed by atoms with Crippen LogP contribution in [0.15, 0.2) is 18.2 Å². The SMILES string of the molecule is COc1ccc(C(=O)O)cc1OCc1c(Cl)c(C)nn1C. The number of carbonyl (C=O) groups is 1. The molecule has 0 amide bonds. The van der Waals surface area contributed by atoms with Crippen LogP contribution < -0.4 is 9.47 Å². The highest BCUT2D eigenvalue weighted by Crippen LogP contribution is 2.30. The fourth-order valence-electron chi connectivity index (χ4n) is 1.91. The second-order valence-corrected chi connectivity index (χ2v) is 4.81. The molecular formula is C14H15ClN2O4. The first kappa shape index (κ1) is 15.2. The molecule has 0 bridgehead atoms. The predicted molar refractivity (Wildman–Crippen MR) is 77.2 cm³/mol. The number of hydrogen-bond donors (Lipinski definition) is 1. The van der Waals surface area contributed by atoms with E-state index in [-0.39, 0.29) is 12.2 Å². The molecule has 0 aliphatic heterocycles. The Balaban J connectivity index is 2.26. The standard InChI is InChI=1S/C14H15ClN2O4/c1-8-13(15)10(17(2)16-8)7-21-12-6-9(14(18)19)4-5-11(12)20-3/h4-6H,7H2,1-3H3,(H,18,19). The van der Waals surface area contributed by atoms with Crippen molar-refractivity contribution in [3.8, 4) is 11.5 Å². The molecule has 0 radical (unpaired) electrons. The van der Waals surface area contributed by atoms with E-state index in [9.17, 15) is 4.79 Å². The fraction of sp³-hybridized carbons (Fsp3) is 0.286. The zero-order chi connectivity index (χ0) is 15.6. The third kappa shape index (κ3) is 3.11. The van der Waals surface area contributed by atoms with Crippen LogP contribution in [0.25, 0.3) is 0 Å². The van der Waals surface area contributed by atoms with E-state index in [0.717, 1.165) is 0 Å². The quantitative estimate of drug-likeness (QED) is 0.919. The van der Waals surface area contributed by atoms with Gasteiger partial charge in [-0.3, -0.25) is 4.68 Å². The summed E-state index contributed by atoms with van der Waals surface area (Å²) >= 11 is 6.15. The summed E-state index contributed by atoms with van der Waals surface area (Å²) in [6.45, 7) is 1.97. The molecule has 0 saturated carbocycles. The first-order chi connectivity index (χ1) is 9.93. The van der Waals surface area contributed by atoms with Gasteiger partial charge in [-0.2, -0.15) is 5.10 Å². The van der Waals surface area contributed by atoms with Crippen LogP contribution in [0.3, 0.4) is 0 Å². The number of aromatic carboxylic acids is 1. The second kappa shape index (κ2) is 6.05. The zero-order valence-corrected chi connectivity index (χ0v) is 12.6. The minimum absolute atomic E-state index is 0.123. The van der Waals surface area contributed by atoms with Gasteiger partial charge in [0.2, 0.25) is 0 Å². The number of halogens is 1. The number of carboxylic acids is 1. The molecule has 1 heterocycles. The Kier molecular flexibility index (Phi) is 4.37. The average molecular weight is 311 g/mol. The molecule has 2 aromatic rings. The van der Waals surface area contributed by atoms with Gasteiger partial charge in [0.25, 0.3) is 0 Å². The first-order valence-electron chi connectivity index (χ1n) is 6.16. The van der Waals surface area contributed by atoms with E-state index in [1.165, 1.54) is 19.2 Å². The van der Waals surface area contributed by atoms with Gasteiger partial charge in [-0.15, -0.1) is 0 Å². The van der Waals surface area contributed by atoms with Crippen LogP contribution in [0.4, 0.5) is 0 Å². The monoisotopic (exact) mass is 310 g/mol. The van der Waals surface area contributed by atoms with Crippen LogP contribution in [0.2, 0.25) is 5.02 Å². The number of hydrogen-bond acceptors (Lipinski definition) is 4. The fourth-order valence-corrected chi connectivity index (χ4v) is 2.12. The summed E-state index contributed by atoms with van der Waals surface area (Å²) in [4.78, 5) is 11.0. The Labute approximate surface area is 126 Å². The lowest BCUT2D eigenvalue weighted by Gasteiger charge is -2.11. The minimum atomic E-state index is -1.03. The summed E-state index contributed by atoms with van der Waals surface area (Å²) in [6.07, 6.45) is 0. The van der Waals surface area contributed by atoms with Crippen LogP contribution in [0, 0.1) is 6.92 Å². The van der Waals surface area contributed by atoms with Crippen molar-refractivity contribution >= 4 is 17.6 Å². The van der Waals surface area contributed by atoms with E-state index in [1.807, 2.05) is 0 Å². The largest absolute Gasteiger partial charge is 0.493 e. The Hall–Kier alpha value is -2.21. The van der Waals surface area contributed by atoms with Crippen LogP contribution >= 0.6 is 11.6 Å². The highest BCUT2D eigenvalue weighted by atomic mass is 35.5. The first-order valence-corrected chi connectivity index (χ1v) is 6.54. The van der Waals surface area contributed by atoms with Crippen LogP contribution in [-0.4, -0.2) is 28.0 Å². The van der Waals surface area contributed by atoms with Crippen molar-refractivity contribution < 1.29 is 19.4 Å². The maximum absolute atomic E-state index is 11.0. The van der Waals surface area contributed by atoms with E-state index in [4.69, 9.17) is 26.2 Å². The van der Waals surface area contributed by atoms with Gasteiger partial charge in [0, 0.05) is 7.05 Å². The lowest BCUT2D eigenvalue weighted by atomic mass is 10.2. The van der Waals surface area contributed by atoms with E-state index in [1.54, 1.807) is 24.7 Å². The van der Waals surface area contributed by atoms with Crippen molar-refractivity contribution in [3.05, 3.63) is 40.2 Å². The number of rotatable bonds is 5. The number of carboxylic acid groups (broad SMARTS) is 1. The van der Waals surface area contributed by atoms with Crippen molar-refractivity contribution in [2.75, 3.05) is 7.11 Å². The molecule has 2 rings (SSSR count). The number of aromatic nitrogens is 2. The molecule has 7 heteroatoms. The lowest BCUT2D eigenvalue weighted by molar-refractivity contribution is 0.0696. The number of ether oxygens (including phenoxy) is 2. The maximum atomic E-state index is 11.0. The van der Waals surface area contributed by atoms with E-state index in [2.05, 4.69) is 5.10 Å². The molecular weight excluding hydrogens is 296 g/mol. The topological polar surface area (TPSA) is 73.6 Å². The molecule has 6 nitrogen and oxygen atoms in total. The smallest absolute Gasteiger partial charge is 0.335 e. The van der Waals surface area contributed by atoms with Crippen LogP contribution in [0.1, 0.15) is 21.7 Å². The summed E-state index contributed by atoms with van der Waals surface area (Å²) in [6, 6.07) is 4.42. The van der Waals surface area contributed by atoms with Gasteiger partial charge in [0.1, 0.15) is 6.61 Å². The van der Waals surface area contributed by atoms with Gasteiger partial charge in [0.05, 0.1) is 29.1 Å². The highest BCUT2D eigenvalue weighted by molar-refractivity contribution is 6.31. The van der Waals surface area contributed by atoms with Crippen molar-refractivity contribution in [2.24, 2.45) is 7.05 Å². The molecule has 0 spiro atoms. The molecule has 0 unspecified atom stereocenters. The molecule has 0 fully saturated rings. The molecule has 112 valence electrons. The summed E-state index contributed by atoms with van der Waals surface area (Å²) < 4.78 is 12.4. The molecule has 0 aliphatic rings. The Morgan fingerprint density at radius 3 is 2.67 bits per heavy atom. The molecule has 1 N–H and O–H groups in total. The lowest BCUT2D eigenvalue weighted by Crippen LogP contribution is -2.05. The molecule has 0 saturated heterocycles. The molecule has 1 aromatic carbocycles. The van der Waals surface area contributed by atoms with Gasteiger partial charge in [-0.25, -0.2) is 4.79 Å². The maximum Gasteiger partial charge on any atom is 0.335 e. The summed E-state index contributed by atoms with van der Waals surface area (Å²) in [5.74, 6) is -0.237. The van der Waals surface area contributed by atoms with Crippen molar-refractivity contribution in [1.29, 1.82) is 0 Å². The molecule has 1 aromatic heterocycles. The van der Waals surface area contributed by atoms with E-state index >= 15 is 0 Å². The number of benzene rings is 1. The Morgan fingerprint density at radius 1 is 1.43 bits per heavy atom. The summed E-state index contributed by atoms with van der Waals surface area (Å²) in [7, 11) is 3.26. The summed E-state index contributed by atoms with van der Waals surface area (Å²) in [5.41, 5.74) is 1.54. The van der Waals surface area contributed by atoms with Gasteiger partial charge in [-0.05, 0) is 25.1 Å². The average Bonchev–Trinajstić information content (AvgIpc) is 2.69. The second-order valence-electron chi connectivity index (χ2n) is 4.43. The van der Waals surface area contributed by atoms with Crippen molar-refractivity contribution in [2.45, 2.75) is 13.5 Å². The number of methoxy groups -OCH3 is 1. The normalized spacial score (nSPS) is 10.5. The van der Waals surface area contributed by atoms with Crippen molar-refractivity contribution in [1.82, 2.24) is 9.78 Å². The Morgan fingerprint density at radius 2 is 2.14 bits per heavy atom. The minimum Gasteiger partial charge on any atom is -0.493 e. The molecule has 0 atom stereocenters. The zero-order valence-electron chi connectivity index (χ0n) is 11.9. The third-order valence-electron chi connectivity index (χ3n) is 3.04. The van der Waals surface area contributed by atoms with Crippen LogP contribution in [-0.2, 0) is 13.7 Å². The number of nitrogens with zero attached hydrogens (tertiary/aromatic N) is 2. The van der Waals surface area contributed by atoms with Crippen molar-refractivity contribution in [3.63, 3.8) is 0 Å². The van der Waals surface area contributed by atoms with Gasteiger partial charge < -0.3 is 14.6 Å². The highest BCUT2D eigenvalue weighted by Gasteiger charge is 2.14. The third-order valence-corrected chi connectivity index (χ3v) is 3.53. The predicted octanol–water partition coefficient (Wildman–Crippen LogP) is 2.67. The van der Waals surface area contributed by atoms with Gasteiger partial charge in [-0.1, -0.05) is 11.6 Å². The molecule has 0 aliphatic carbocycles. The Bertz CT molecular complexity index is 682. The van der Waals surface area contributed by atoms with Gasteiger partial charge in [0.15, 0.2) is 11.5 Å². The number of aryl methyl sites for hydroxylation is 2. The van der Waals surface area contributed by atoms with E-state index in [0.29, 0.717) is 27.9 Å². The molecule has 21 heavy (non-hydrogen) atoms. The summed E-state index contributed by atoms with van der Waals surface area (Å²) in [5, 5.41) is 13.7. The van der Waals surface area contributed by atoms with Gasteiger partial charge >= 0.3 is 5.97 Å².